The van der Waals surface area contributed by atoms with Crippen molar-refractivity contribution >= 4 is 17.1 Å². The van der Waals surface area contributed by atoms with Crippen LogP contribution in [0.1, 0.15) is 22.6 Å². The highest BCUT2D eigenvalue weighted by atomic mass is 15.1. The third kappa shape index (κ3) is 3.87. The van der Waals surface area contributed by atoms with E-state index in [4.69, 9.17) is 0 Å². The molecule has 44 heavy (non-hydrogen) atoms. The van der Waals surface area contributed by atoms with E-state index in [2.05, 4.69) is 175 Å². The summed E-state index contributed by atoms with van der Waals surface area (Å²) in [7, 11) is 0. The minimum Gasteiger partial charge on any atom is -0.310 e. The molecule has 1 nitrogen and oxygen atoms in total. The van der Waals surface area contributed by atoms with Crippen molar-refractivity contribution in [2.45, 2.75) is 5.92 Å². The van der Waals surface area contributed by atoms with E-state index < -0.39 is 0 Å². The zero-order valence-electron chi connectivity index (χ0n) is 24.2. The highest BCUT2D eigenvalue weighted by Crippen LogP contribution is 2.58. The Morgan fingerprint density at radius 1 is 0.318 bits per heavy atom. The molecule has 0 heterocycles. The second kappa shape index (κ2) is 9.97. The number of anilines is 3. The standard InChI is InChI=1S/C43H29N/c1-3-12-29(13-4-1)30-22-24-34(25-23-30)44(33-15-5-2-6-16-33)35-17-11-14-31(26-35)32-27-40-36-18-7-9-20-38(36)42-39-21-10-8-19-37(39)41(28-32)43(40)42/h1-28,42H. The average molecular weight is 560 g/mol. The molecule has 0 saturated carbocycles. The molecule has 0 spiro atoms. The molecule has 0 aliphatic heterocycles. The number of nitrogens with zero attached hydrogens (tertiary/aromatic N) is 1. The summed E-state index contributed by atoms with van der Waals surface area (Å²) in [6.07, 6.45) is 0. The van der Waals surface area contributed by atoms with Gasteiger partial charge >= 0.3 is 0 Å². The van der Waals surface area contributed by atoms with Crippen molar-refractivity contribution in [3.63, 3.8) is 0 Å². The van der Waals surface area contributed by atoms with Crippen LogP contribution in [0.5, 0.6) is 0 Å². The summed E-state index contributed by atoms with van der Waals surface area (Å²) in [6.45, 7) is 0. The van der Waals surface area contributed by atoms with Crippen molar-refractivity contribution in [1.29, 1.82) is 0 Å². The van der Waals surface area contributed by atoms with E-state index in [9.17, 15) is 0 Å². The predicted molar refractivity (Wildman–Crippen MR) is 184 cm³/mol. The fourth-order valence-corrected chi connectivity index (χ4v) is 7.33. The fourth-order valence-electron chi connectivity index (χ4n) is 7.33. The summed E-state index contributed by atoms with van der Waals surface area (Å²) in [5, 5.41) is 0. The smallest absolute Gasteiger partial charge is 0.0467 e. The maximum atomic E-state index is 2.42. The Bertz CT molecular complexity index is 2090. The first-order valence-electron chi connectivity index (χ1n) is 15.3. The number of para-hydroxylation sites is 1. The van der Waals surface area contributed by atoms with Crippen LogP contribution < -0.4 is 4.90 Å². The van der Waals surface area contributed by atoms with Gasteiger partial charge in [0.2, 0.25) is 0 Å². The lowest BCUT2D eigenvalue weighted by Gasteiger charge is -2.26. The highest BCUT2D eigenvalue weighted by Gasteiger charge is 2.38. The molecule has 0 saturated heterocycles. The van der Waals surface area contributed by atoms with Crippen molar-refractivity contribution in [2.75, 3.05) is 4.90 Å². The number of fused-ring (bicyclic) bond motifs is 6. The zero-order valence-corrected chi connectivity index (χ0v) is 24.2. The largest absolute Gasteiger partial charge is 0.310 e. The van der Waals surface area contributed by atoms with Crippen molar-refractivity contribution in [3.05, 3.63) is 187 Å². The highest BCUT2D eigenvalue weighted by molar-refractivity contribution is 5.97. The summed E-state index contributed by atoms with van der Waals surface area (Å²) in [4.78, 5) is 2.35. The minimum atomic E-state index is 0.334. The van der Waals surface area contributed by atoms with E-state index in [0.29, 0.717) is 5.92 Å². The summed E-state index contributed by atoms with van der Waals surface area (Å²) >= 11 is 0. The molecule has 0 bridgehead atoms. The van der Waals surface area contributed by atoms with Crippen LogP contribution in [0.3, 0.4) is 0 Å². The van der Waals surface area contributed by atoms with Crippen LogP contribution in [0, 0.1) is 0 Å². The van der Waals surface area contributed by atoms with Gasteiger partial charge in [-0.2, -0.15) is 0 Å². The van der Waals surface area contributed by atoms with Gasteiger partial charge in [0.05, 0.1) is 0 Å². The van der Waals surface area contributed by atoms with Crippen LogP contribution in [0.4, 0.5) is 17.1 Å². The van der Waals surface area contributed by atoms with Gasteiger partial charge in [0.25, 0.3) is 0 Å². The third-order valence-corrected chi connectivity index (χ3v) is 9.28. The number of hydrogen-bond donors (Lipinski definition) is 0. The Kier molecular flexibility index (Phi) is 5.64. The Morgan fingerprint density at radius 2 is 0.818 bits per heavy atom. The first-order valence-corrected chi connectivity index (χ1v) is 15.3. The van der Waals surface area contributed by atoms with Crippen molar-refractivity contribution in [1.82, 2.24) is 0 Å². The van der Waals surface area contributed by atoms with E-state index >= 15 is 0 Å². The molecule has 0 unspecified atom stereocenters. The van der Waals surface area contributed by atoms with Crippen LogP contribution in [0.25, 0.3) is 44.5 Å². The predicted octanol–water partition coefficient (Wildman–Crippen LogP) is 11.6. The summed E-state index contributed by atoms with van der Waals surface area (Å²) < 4.78 is 0. The van der Waals surface area contributed by atoms with Crippen LogP contribution in [-0.4, -0.2) is 0 Å². The molecule has 0 N–H and O–H groups in total. The van der Waals surface area contributed by atoms with Crippen molar-refractivity contribution in [2.24, 2.45) is 0 Å². The maximum absolute atomic E-state index is 2.42. The second-order valence-corrected chi connectivity index (χ2v) is 11.7. The van der Waals surface area contributed by atoms with Crippen LogP contribution >= 0.6 is 0 Å². The summed E-state index contributed by atoms with van der Waals surface area (Å²) in [6, 6.07) is 61.9. The number of hydrogen-bond acceptors (Lipinski definition) is 1. The van der Waals surface area contributed by atoms with E-state index in [1.165, 1.54) is 61.2 Å². The zero-order chi connectivity index (χ0) is 29.0. The molecule has 7 aromatic rings. The molecule has 0 amide bonds. The molecule has 206 valence electrons. The fraction of sp³-hybridized carbons (Fsp3) is 0.0233. The number of rotatable bonds is 5. The van der Waals surface area contributed by atoms with Gasteiger partial charge in [0, 0.05) is 23.0 Å². The van der Waals surface area contributed by atoms with Gasteiger partial charge in [-0.15, -0.1) is 0 Å². The molecule has 0 fully saturated rings. The van der Waals surface area contributed by atoms with Gasteiger partial charge < -0.3 is 4.90 Å². The molecular formula is C43H29N. The van der Waals surface area contributed by atoms with Gasteiger partial charge in [-0.3, -0.25) is 0 Å². The normalized spacial score (nSPS) is 12.5. The van der Waals surface area contributed by atoms with Gasteiger partial charge in [0.1, 0.15) is 0 Å². The monoisotopic (exact) mass is 559 g/mol. The SMILES string of the molecule is c1ccc(-c2ccc(N(c3ccccc3)c3cccc(-c4cc5c6c(c4)-c4ccccc4C6c4ccccc4-5)c3)cc2)cc1. The number of benzene rings is 7. The molecule has 0 atom stereocenters. The molecule has 0 radical (unpaired) electrons. The van der Waals surface area contributed by atoms with E-state index in [1.54, 1.807) is 0 Å². The minimum absolute atomic E-state index is 0.334. The lowest BCUT2D eigenvalue weighted by molar-refractivity contribution is 1.05. The van der Waals surface area contributed by atoms with Gasteiger partial charge in [0.15, 0.2) is 0 Å². The molecule has 7 aromatic carbocycles. The topological polar surface area (TPSA) is 3.24 Å². The summed E-state index contributed by atoms with van der Waals surface area (Å²) in [5.74, 6) is 0.334. The van der Waals surface area contributed by atoms with E-state index in [-0.39, 0.29) is 0 Å². The maximum Gasteiger partial charge on any atom is 0.0467 e. The van der Waals surface area contributed by atoms with Gasteiger partial charge in [-0.1, -0.05) is 121 Å². The first kappa shape index (κ1) is 24.9. The lowest BCUT2D eigenvalue weighted by Crippen LogP contribution is -2.09. The summed E-state index contributed by atoms with van der Waals surface area (Å²) in [5.41, 5.74) is 18.1. The Hall–Kier alpha value is -5.66. The van der Waals surface area contributed by atoms with E-state index in [1.807, 2.05) is 0 Å². The molecular weight excluding hydrogens is 530 g/mol. The third-order valence-electron chi connectivity index (χ3n) is 9.28. The Morgan fingerprint density at radius 3 is 1.48 bits per heavy atom. The van der Waals surface area contributed by atoms with Gasteiger partial charge in [-0.05, 0) is 110 Å². The molecule has 9 rings (SSSR count). The van der Waals surface area contributed by atoms with E-state index in [0.717, 1.165) is 17.1 Å². The molecule has 2 aliphatic rings. The molecule has 2 aliphatic carbocycles. The van der Waals surface area contributed by atoms with Crippen LogP contribution in [-0.2, 0) is 0 Å². The average Bonchev–Trinajstić information content (AvgIpc) is 3.62. The Balaban J connectivity index is 1.18. The van der Waals surface area contributed by atoms with Crippen LogP contribution in [0.15, 0.2) is 170 Å². The molecule has 0 aromatic heterocycles. The quantitative estimate of drug-likeness (QED) is 0.203. The van der Waals surface area contributed by atoms with Crippen molar-refractivity contribution < 1.29 is 0 Å². The Labute approximate surface area is 258 Å². The lowest BCUT2D eigenvalue weighted by atomic mass is 9.93. The van der Waals surface area contributed by atoms with Crippen LogP contribution in [0.2, 0.25) is 0 Å². The first-order chi connectivity index (χ1) is 21.8. The molecule has 1 heteroatoms. The second-order valence-electron chi connectivity index (χ2n) is 11.7. The van der Waals surface area contributed by atoms with Gasteiger partial charge in [-0.25, -0.2) is 0 Å². The van der Waals surface area contributed by atoms with Crippen molar-refractivity contribution in [3.8, 4) is 44.5 Å².